The zero-order valence-corrected chi connectivity index (χ0v) is 13.5. The Morgan fingerprint density at radius 2 is 2.09 bits per heavy atom. The topological polar surface area (TPSA) is 75.7 Å². The predicted molar refractivity (Wildman–Crippen MR) is 86.0 cm³/mol. The van der Waals surface area contributed by atoms with Crippen LogP contribution in [0.25, 0.3) is 0 Å². The van der Waals surface area contributed by atoms with Crippen LogP contribution in [0.3, 0.4) is 0 Å². The van der Waals surface area contributed by atoms with E-state index in [2.05, 4.69) is 11.9 Å². The van der Waals surface area contributed by atoms with Gasteiger partial charge in [-0.15, -0.1) is 0 Å². The number of rotatable bonds is 5. The molecule has 0 aliphatic carbocycles. The summed E-state index contributed by atoms with van der Waals surface area (Å²) in [7, 11) is 0. The van der Waals surface area contributed by atoms with Crippen molar-refractivity contribution < 1.29 is 19.1 Å². The van der Waals surface area contributed by atoms with E-state index in [4.69, 9.17) is 4.74 Å². The normalized spacial score (nSPS) is 14.7. The van der Waals surface area contributed by atoms with Crippen LogP contribution in [-0.4, -0.2) is 35.8 Å². The minimum Gasteiger partial charge on any atom is -0.451 e. The maximum atomic E-state index is 12.1. The maximum absolute atomic E-state index is 12.1. The smallest absolute Gasteiger partial charge is 0.339 e. The highest BCUT2D eigenvalue weighted by Crippen LogP contribution is 2.36. The number of amides is 2. The third kappa shape index (κ3) is 3.41. The second-order valence-electron chi connectivity index (χ2n) is 5.76. The summed E-state index contributed by atoms with van der Waals surface area (Å²) in [6.45, 7) is 9.15. The summed E-state index contributed by atoms with van der Waals surface area (Å²) in [6.07, 6.45) is 1.17. The summed E-state index contributed by atoms with van der Waals surface area (Å²) in [5, 5.41) is 2.69. The van der Waals surface area contributed by atoms with Gasteiger partial charge in [-0.25, -0.2) is 4.79 Å². The molecule has 6 nitrogen and oxygen atoms in total. The van der Waals surface area contributed by atoms with Crippen LogP contribution in [0.15, 0.2) is 30.9 Å². The van der Waals surface area contributed by atoms with E-state index in [1.54, 1.807) is 25.1 Å². The molecule has 0 fully saturated rings. The van der Waals surface area contributed by atoms with Gasteiger partial charge in [-0.3, -0.25) is 9.59 Å². The van der Waals surface area contributed by atoms with Crippen LogP contribution in [0.4, 0.5) is 5.69 Å². The van der Waals surface area contributed by atoms with E-state index in [9.17, 15) is 14.4 Å². The Morgan fingerprint density at radius 3 is 2.70 bits per heavy atom. The van der Waals surface area contributed by atoms with E-state index in [1.165, 1.54) is 11.0 Å². The fraction of sp³-hybridized carbons (Fsp3) is 0.353. The molecule has 0 aromatic heterocycles. The fourth-order valence-electron chi connectivity index (χ4n) is 2.51. The van der Waals surface area contributed by atoms with Gasteiger partial charge in [-0.05, 0) is 39.0 Å². The van der Waals surface area contributed by atoms with Crippen molar-refractivity contribution in [3.8, 4) is 0 Å². The number of esters is 1. The molecule has 6 heteroatoms. The minimum atomic E-state index is -0.662. The zero-order chi connectivity index (χ0) is 17.2. The third-order valence-corrected chi connectivity index (χ3v) is 3.72. The largest absolute Gasteiger partial charge is 0.451 e. The van der Waals surface area contributed by atoms with Crippen LogP contribution >= 0.6 is 0 Å². The van der Waals surface area contributed by atoms with Crippen molar-refractivity contribution in [3.63, 3.8) is 0 Å². The lowest BCUT2D eigenvalue weighted by Crippen LogP contribution is -2.36. The van der Waals surface area contributed by atoms with Crippen molar-refractivity contribution in [2.24, 2.45) is 0 Å². The molecule has 1 aliphatic rings. The van der Waals surface area contributed by atoms with Gasteiger partial charge in [0.15, 0.2) is 0 Å². The van der Waals surface area contributed by atoms with E-state index in [1.807, 2.05) is 13.8 Å². The summed E-state index contributed by atoms with van der Waals surface area (Å²) in [4.78, 5) is 36.9. The molecular formula is C17H20N2O4. The van der Waals surface area contributed by atoms with E-state index in [0.717, 1.165) is 5.56 Å². The number of hydrogen-bond donors (Lipinski definition) is 1. The number of hydrogen-bond acceptors (Lipinski definition) is 4. The number of anilines is 1. The lowest BCUT2D eigenvalue weighted by molar-refractivity contribution is -0.130. The highest BCUT2D eigenvalue weighted by atomic mass is 16.6. The van der Waals surface area contributed by atoms with Gasteiger partial charge < -0.3 is 15.0 Å². The summed E-state index contributed by atoms with van der Waals surface area (Å²) >= 11 is 0. The molecule has 1 aromatic rings. The summed E-state index contributed by atoms with van der Waals surface area (Å²) in [5.41, 5.74) is 1.06. The van der Waals surface area contributed by atoms with E-state index >= 15 is 0 Å². The second kappa shape index (κ2) is 6.24. The van der Waals surface area contributed by atoms with Crippen LogP contribution in [0.2, 0.25) is 0 Å². The molecule has 0 atom stereocenters. The van der Waals surface area contributed by atoms with Gasteiger partial charge in [0.2, 0.25) is 11.8 Å². The Bertz CT molecular complexity index is 679. The molecule has 0 radical (unpaired) electrons. The number of cyclic esters (lactones) is 1. The average molecular weight is 316 g/mol. The van der Waals surface area contributed by atoms with Gasteiger partial charge in [0.25, 0.3) is 0 Å². The number of nitrogens with zero attached hydrogens (tertiary/aromatic N) is 1. The molecule has 0 saturated heterocycles. The first-order valence-corrected chi connectivity index (χ1v) is 7.37. The van der Waals surface area contributed by atoms with Crippen LogP contribution in [0.1, 0.15) is 36.7 Å². The first kappa shape index (κ1) is 16.7. The van der Waals surface area contributed by atoms with Gasteiger partial charge in [0.05, 0.1) is 5.56 Å². The van der Waals surface area contributed by atoms with E-state index < -0.39 is 11.6 Å². The van der Waals surface area contributed by atoms with Gasteiger partial charge in [-0.1, -0.05) is 12.6 Å². The van der Waals surface area contributed by atoms with Gasteiger partial charge in [-0.2, -0.15) is 0 Å². The molecular weight excluding hydrogens is 296 g/mol. The van der Waals surface area contributed by atoms with Crippen molar-refractivity contribution in [1.29, 1.82) is 0 Å². The number of benzene rings is 1. The number of ether oxygens (including phenoxy) is 1. The Labute approximate surface area is 135 Å². The van der Waals surface area contributed by atoms with Crippen LogP contribution in [0.5, 0.6) is 0 Å². The lowest BCUT2D eigenvalue weighted by atomic mass is 9.96. The lowest BCUT2D eigenvalue weighted by Gasteiger charge is -2.19. The van der Waals surface area contributed by atoms with Crippen molar-refractivity contribution in [2.75, 3.05) is 18.4 Å². The molecule has 2 amide bonds. The second-order valence-corrected chi connectivity index (χ2v) is 5.76. The highest BCUT2D eigenvalue weighted by Gasteiger charge is 2.37. The van der Waals surface area contributed by atoms with Crippen LogP contribution in [-0.2, 0) is 19.9 Å². The molecule has 0 spiro atoms. The predicted octanol–water partition coefficient (Wildman–Crippen LogP) is 2.07. The SMILES string of the molecule is C=CC(=O)N(CC)CC(=O)Nc1ccc2c(c1)C(=O)OC2(C)C. The molecule has 1 N–H and O–H groups in total. The van der Waals surface area contributed by atoms with Gasteiger partial charge in [0, 0.05) is 17.8 Å². The van der Waals surface area contributed by atoms with Crippen LogP contribution < -0.4 is 5.32 Å². The Morgan fingerprint density at radius 1 is 1.39 bits per heavy atom. The Balaban J connectivity index is 2.11. The Kier molecular flexibility index (Phi) is 4.54. The third-order valence-electron chi connectivity index (χ3n) is 3.72. The maximum Gasteiger partial charge on any atom is 0.339 e. The molecule has 23 heavy (non-hydrogen) atoms. The molecule has 0 saturated carbocycles. The molecule has 0 unspecified atom stereocenters. The van der Waals surface area contributed by atoms with Crippen molar-refractivity contribution in [2.45, 2.75) is 26.4 Å². The van der Waals surface area contributed by atoms with Crippen molar-refractivity contribution in [3.05, 3.63) is 42.0 Å². The van der Waals surface area contributed by atoms with Gasteiger partial charge >= 0.3 is 5.97 Å². The highest BCUT2D eigenvalue weighted by molar-refractivity contribution is 5.99. The molecule has 0 bridgehead atoms. The summed E-state index contributed by atoms with van der Waals surface area (Å²) in [5.74, 6) is -1.05. The quantitative estimate of drug-likeness (QED) is 0.666. The summed E-state index contributed by atoms with van der Waals surface area (Å²) < 4.78 is 5.29. The standard InChI is InChI=1S/C17H20N2O4/c1-5-15(21)19(6-2)10-14(20)18-11-7-8-13-12(9-11)16(22)23-17(13,3)4/h5,7-9H,1,6,10H2,2-4H3,(H,18,20). The fourth-order valence-corrected chi connectivity index (χ4v) is 2.51. The number of fused-ring (bicyclic) bond motifs is 1. The Hall–Kier alpha value is -2.63. The minimum absolute atomic E-state index is 0.0750. The monoisotopic (exact) mass is 316 g/mol. The zero-order valence-electron chi connectivity index (χ0n) is 13.5. The van der Waals surface area contributed by atoms with Crippen LogP contribution in [0, 0.1) is 0 Å². The molecule has 122 valence electrons. The molecule has 1 aliphatic heterocycles. The molecule has 1 aromatic carbocycles. The average Bonchev–Trinajstić information content (AvgIpc) is 2.73. The number of carbonyl (C=O) groups is 3. The molecule has 1 heterocycles. The molecule has 2 rings (SSSR count). The summed E-state index contributed by atoms with van der Waals surface area (Å²) in [6, 6.07) is 5.07. The van der Waals surface area contributed by atoms with E-state index in [-0.39, 0.29) is 18.4 Å². The van der Waals surface area contributed by atoms with Crippen molar-refractivity contribution in [1.82, 2.24) is 4.90 Å². The number of likely N-dealkylation sites (N-methyl/N-ethyl adjacent to an activating group) is 1. The number of carbonyl (C=O) groups excluding carboxylic acids is 3. The van der Waals surface area contributed by atoms with Gasteiger partial charge in [0.1, 0.15) is 12.1 Å². The first-order chi connectivity index (χ1) is 10.8. The van der Waals surface area contributed by atoms with Crippen molar-refractivity contribution >= 4 is 23.5 Å². The number of nitrogens with one attached hydrogen (secondary N) is 1. The first-order valence-electron chi connectivity index (χ1n) is 7.37. The van der Waals surface area contributed by atoms with E-state index in [0.29, 0.717) is 17.8 Å².